The lowest BCUT2D eigenvalue weighted by Gasteiger charge is -2.31. The molecule has 0 heterocycles. The van der Waals surface area contributed by atoms with Crippen molar-refractivity contribution < 1.29 is 9.90 Å². The Bertz CT molecular complexity index is 718. The van der Waals surface area contributed by atoms with Gasteiger partial charge in [0.25, 0.3) is 5.91 Å². The predicted molar refractivity (Wildman–Crippen MR) is 111 cm³/mol. The van der Waals surface area contributed by atoms with Crippen LogP contribution in [0.4, 0.5) is 0 Å². The van der Waals surface area contributed by atoms with E-state index in [-0.39, 0.29) is 11.9 Å². The first-order valence-electron chi connectivity index (χ1n) is 9.45. The third kappa shape index (κ3) is 6.49. The zero-order valence-electron chi connectivity index (χ0n) is 17.1. The number of carbonyl (C=O) groups excluding carboxylic acids is 1. The van der Waals surface area contributed by atoms with Gasteiger partial charge >= 0.3 is 0 Å². The number of aliphatic hydroxyl groups is 1. The molecule has 2 aromatic carbocycles. The highest BCUT2D eigenvalue weighted by Crippen LogP contribution is 2.22. The predicted octanol–water partition coefficient (Wildman–Crippen LogP) is 3.77. The maximum atomic E-state index is 13.0. The molecule has 2 aromatic rings. The molecule has 1 amide bonds. The molecule has 0 saturated heterocycles. The molecular formula is C23H32N2O2. The number of amides is 1. The van der Waals surface area contributed by atoms with Crippen molar-refractivity contribution in [3.8, 4) is 0 Å². The van der Waals surface area contributed by atoms with Crippen molar-refractivity contribution in [1.82, 2.24) is 9.80 Å². The third-order valence-electron chi connectivity index (χ3n) is 4.74. The molecule has 27 heavy (non-hydrogen) atoms. The monoisotopic (exact) mass is 368 g/mol. The molecule has 4 nitrogen and oxygen atoms in total. The van der Waals surface area contributed by atoms with Gasteiger partial charge in [0.15, 0.2) is 0 Å². The van der Waals surface area contributed by atoms with Gasteiger partial charge in [0.1, 0.15) is 0 Å². The van der Waals surface area contributed by atoms with Crippen LogP contribution in [0.1, 0.15) is 47.8 Å². The van der Waals surface area contributed by atoms with Crippen LogP contribution in [-0.2, 0) is 6.42 Å². The van der Waals surface area contributed by atoms with Crippen LogP contribution in [0.2, 0.25) is 0 Å². The lowest BCUT2D eigenvalue weighted by Crippen LogP contribution is -2.37. The molecule has 0 aromatic heterocycles. The van der Waals surface area contributed by atoms with E-state index in [1.165, 1.54) is 0 Å². The van der Waals surface area contributed by atoms with E-state index in [9.17, 15) is 9.90 Å². The lowest BCUT2D eigenvalue weighted by atomic mass is 9.98. The minimum absolute atomic E-state index is 0.0106. The summed E-state index contributed by atoms with van der Waals surface area (Å²) in [5.41, 5.74) is 2.27. The molecule has 0 fully saturated rings. The van der Waals surface area contributed by atoms with Crippen LogP contribution >= 0.6 is 0 Å². The largest absolute Gasteiger partial charge is 0.390 e. The Morgan fingerprint density at radius 3 is 2.11 bits per heavy atom. The molecule has 146 valence electrons. The van der Waals surface area contributed by atoms with Gasteiger partial charge in [0.2, 0.25) is 0 Å². The van der Waals surface area contributed by atoms with Crippen LogP contribution in [0.15, 0.2) is 54.6 Å². The molecule has 4 heteroatoms. The van der Waals surface area contributed by atoms with E-state index in [1.54, 1.807) is 0 Å². The van der Waals surface area contributed by atoms with Crippen molar-refractivity contribution in [2.24, 2.45) is 0 Å². The van der Waals surface area contributed by atoms with E-state index in [0.29, 0.717) is 12.0 Å². The maximum absolute atomic E-state index is 13.0. The quantitative estimate of drug-likeness (QED) is 0.771. The molecule has 0 aliphatic carbocycles. The molecule has 0 saturated carbocycles. The molecule has 2 rings (SSSR count). The number of hydrogen-bond donors (Lipinski definition) is 1. The summed E-state index contributed by atoms with van der Waals surface area (Å²) < 4.78 is 0. The van der Waals surface area contributed by atoms with Crippen molar-refractivity contribution in [2.45, 2.75) is 38.3 Å². The van der Waals surface area contributed by atoms with Gasteiger partial charge in [-0.25, -0.2) is 0 Å². The Labute approximate surface area is 163 Å². The minimum atomic E-state index is -0.677. The van der Waals surface area contributed by atoms with E-state index < -0.39 is 5.60 Å². The van der Waals surface area contributed by atoms with Crippen LogP contribution in [-0.4, -0.2) is 54.1 Å². The second kappa shape index (κ2) is 9.16. The van der Waals surface area contributed by atoms with Crippen LogP contribution in [0.3, 0.4) is 0 Å². The number of nitrogens with zero attached hydrogens (tertiary/aromatic N) is 2. The molecule has 1 atom stereocenters. The fraction of sp³-hybridized carbons (Fsp3) is 0.435. The van der Waals surface area contributed by atoms with Crippen molar-refractivity contribution >= 4 is 5.91 Å². The van der Waals surface area contributed by atoms with E-state index in [0.717, 1.165) is 24.1 Å². The van der Waals surface area contributed by atoms with Gasteiger partial charge < -0.3 is 14.9 Å². The molecule has 1 N–H and O–H groups in total. The summed E-state index contributed by atoms with van der Waals surface area (Å²) in [6.45, 7) is 4.39. The summed E-state index contributed by atoms with van der Waals surface area (Å²) in [7, 11) is 5.91. The summed E-state index contributed by atoms with van der Waals surface area (Å²) in [4.78, 5) is 17.0. The summed E-state index contributed by atoms with van der Waals surface area (Å²) in [5, 5.41) is 9.87. The highest BCUT2D eigenvalue weighted by Gasteiger charge is 2.23. The van der Waals surface area contributed by atoms with Gasteiger partial charge in [-0.05, 0) is 64.0 Å². The van der Waals surface area contributed by atoms with E-state index >= 15 is 0 Å². The van der Waals surface area contributed by atoms with Gasteiger partial charge in [-0.1, -0.05) is 42.5 Å². The molecule has 0 aliphatic rings. The Morgan fingerprint density at radius 1 is 1.00 bits per heavy atom. The summed E-state index contributed by atoms with van der Waals surface area (Å²) >= 11 is 0. The Hall–Kier alpha value is -2.17. The zero-order valence-corrected chi connectivity index (χ0v) is 17.1. The number of hydrogen-bond acceptors (Lipinski definition) is 3. The molecule has 0 spiro atoms. The number of aryl methyl sites for hydroxylation is 1. The van der Waals surface area contributed by atoms with Crippen LogP contribution in [0, 0.1) is 0 Å². The van der Waals surface area contributed by atoms with Crippen molar-refractivity contribution in [1.29, 1.82) is 0 Å². The zero-order chi connectivity index (χ0) is 20.0. The highest BCUT2D eigenvalue weighted by molar-refractivity contribution is 5.94. The maximum Gasteiger partial charge on any atom is 0.254 e. The first-order valence-corrected chi connectivity index (χ1v) is 9.45. The van der Waals surface area contributed by atoms with Crippen LogP contribution in [0.5, 0.6) is 0 Å². The summed E-state index contributed by atoms with van der Waals surface area (Å²) in [6, 6.07) is 17.9. The normalized spacial score (nSPS) is 12.9. The summed E-state index contributed by atoms with van der Waals surface area (Å²) in [5.74, 6) is 0.0136. The van der Waals surface area contributed by atoms with Gasteiger partial charge in [0, 0.05) is 19.2 Å². The second-order valence-corrected chi connectivity index (χ2v) is 8.11. The first-order chi connectivity index (χ1) is 12.7. The van der Waals surface area contributed by atoms with Gasteiger partial charge in [-0.3, -0.25) is 4.79 Å². The lowest BCUT2D eigenvalue weighted by molar-refractivity contribution is 0.0699. The van der Waals surface area contributed by atoms with Crippen LogP contribution < -0.4 is 0 Å². The Balaban J connectivity index is 2.14. The Kier molecular flexibility index (Phi) is 7.17. The van der Waals surface area contributed by atoms with Gasteiger partial charge in [-0.2, -0.15) is 0 Å². The fourth-order valence-corrected chi connectivity index (χ4v) is 3.08. The molecule has 0 aliphatic heterocycles. The number of rotatable bonds is 8. The van der Waals surface area contributed by atoms with E-state index in [2.05, 4.69) is 17.0 Å². The minimum Gasteiger partial charge on any atom is -0.390 e. The first kappa shape index (κ1) is 21.1. The molecule has 0 bridgehead atoms. The average Bonchev–Trinajstić information content (AvgIpc) is 2.63. The summed E-state index contributed by atoms with van der Waals surface area (Å²) in [6.07, 6.45) is 1.49. The van der Waals surface area contributed by atoms with Gasteiger partial charge in [-0.15, -0.1) is 0 Å². The smallest absolute Gasteiger partial charge is 0.254 e. The highest BCUT2D eigenvalue weighted by atomic mass is 16.3. The topological polar surface area (TPSA) is 43.8 Å². The van der Waals surface area contributed by atoms with Crippen LogP contribution in [0.25, 0.3) is 0 Å². The second-order valence-electron chi connectivity index (χ2n) is 8.11. The average molecular weight is 369 g/mol. The van der Waals surface area contributed by atoms with E-state index in [1.807, 2.05) is 82.4 Å². The number of carbonyl (C=O) groups is 1. The van der Waals surface area contributed by atoms with E-state index in [4.69, 9.17) is 0 Å². The Morgan fingerprint density at radius 2 is 1.59 bits per heavy atom. The number of likely N-dealkylation sites (N-methyl/N-ethyl adjacent to an activating group) is 2. The van der Waals surface area contributed by atoms with Crippen molar-refractivity contribution in [2.75, 3.05) is 27.7 Å². The standard InChI is InChI=1S/C23H32N2O2/c1-23(2,27)16-15-18-11-13-20(14-12-18)22(26)25(5)21(17-24(3)4)19-9-7-6-8-10-19/h6-14,21,27H,15-17H2,1-5H3/t21-/m1/s1. The molecular weight excluding hydrogens is 336 g/mol. The van der Waals surface area contributed by atoms with Gasteiger partial charge in [0.05, 0.1) is 11.6 Å². The third-order valence-corrected chi connectivity index (χ3v) is 4.74. The fourth-order valence-electron chi connectivity index (χ4n) is 3.08. The molecule has 0 unspecified atom stereocenters. The SMILES string of the molecule is CN(C)C[C@H](c1ccccc1)N(C)C(=O)c1ccc(CCC(C)(C)O)cc1. The van der Waals surface area contributed by atoms with Crippen molar-refractivity contribution in [3.63, 3.8) is 0 Å². The molecule has 0 radical (unpaired) electrons. The number of benzene rings is 2. The van der Waals surface area contributed by atoms with Crippen molar-refractivity contribution in [3.05, 3.63) is 71.3 Å².